The average molecular weight is 307 g/mol. The third kappa shape index (κ3) is 2.71. The molecule has 0 saturated carbocycles. The normalized spacial score (nSPS) is 17.3. The quantitative estimate of drug-likeness (QED) is 0.883. The standard InChI is InChI=1S/C15H14FNO3S/c16-11-5-6-13(17)15(8-11)21(18,19)9-12-7-10-3-1-2-4-14(10)20-12/h1-6,8,12H,7,9,17H2. The van der Waals surface area contributed by atoms with Gasteiger partial charge >= 0.3 is 0 Å². The van der Waals surface area contributed by atoms with E-state index in [0.29, 0.717) is 12.2 Å². The second kappa shape index (κ2) is 5.04. The molecule has 21 heavy (non-hydrogen) atoms. The van der Waals surface area contributed by atoms with Crippen molar-refractivity contribution in [2.24, 2.45) is 0 Å². The third-order valence-corrected chi connectivity index (χ3v) is 5.26. The van der Waals surface area contributed by atoms with Crippen molar-refractivity contribution >= 4 is 15.5 Å². The zero-order valence-corrected chi connectivity index (χ0v) is 11.9. The number of halogens is 1. The Labute approximate surface area is 122 Å². The van der Waals surface area contributed by atoms with Gasteiger partial charge in [0.15, 0.2) is 9.84 Å². The van der Waals surface area contributed by atoms with Crippen LogP contribution in [0.4, 0.5) is 10.1 Å². The first-order valence-electron chi connectivity index (χ1n) is 6.48. The van der Waals surface area contributed by atoms with Crippen LogP contribution in [0.5, 0.6) is 5.75 Å². The van der Waals surface area contributed by atoms with Gasteiger partial charge in [-0.05, 0) is 29.8 Å². The molecule has 2 N–H and O–H groups in total. The van der Waals surface area contributed by atoms with Crippen LogP contribution in [0.2, 0.25) is 0 Å². The molecular weight excluding hydrogens is 293 g/mol. The van der Waals surface area contributed by atoms with Gasteiger partial charge in [0.2, 0.25) is 0 Å². The summed E-state index contributed by atoms with van der Waals surface area (Å²) < 4.78 is 43.6. The average Bonchev–Trinajstić information content (AvgIpc) is 2.82. The molecule has 110 valence electrons. The fourth-order valence-electron chi connectivity index (χ4n) is 2.46. The lowest BCUT2D eigenvalue weighted by Crippen LogP contribution is -2.25. The number of nitrogens with two attached hydrogens (primary N) is 1. The number of rotatable bonds is 3. The Morgan fingerprint density at radius 2 is 2.00 bits per heavy atom. The Bertz CT molecular complexity index is 764. The van der Waals surface area contributed by atoms with E-state index < -0.39 is 21.8 Å². The monoisotopic (exact) mass is 307 g/mol. The van der Waals surface area contributed by atoms with Crippen LogP contribution >= 0.6 is 0 Å². The van der Waals surface area contributed by atoms with Gasteiger partial charge in [-0.3, -0.25) is 0 Å². The minimum absolute atomic E-state index is 0.0481. The summed E-state index contributed by atoms with van der Waals surface area (Å²) in [6.07, 6.45) is 0.0417. The molecule has 2 aromatic rings. The summed E-state index contributed by atoms with van der Waals surface area (Å²) >= 11 is 0. The van der Waals surface area contributed by atoms with E-state index in [0.717, 1.165) is 17.7 Å². The van der Waals surface area contributed by atoms with Crippen molar-refractivity contribution in [3.05, 3.63) is 53.8 Å². The summed E-state index contributed by atoms with van der Waals surface area (Å²) in [5.41, 5.74) is 6.67. The summed E-state index contributed by atoms with van der Waals surface area (Å²) in [5.74, 6) is -0.154. The minimum Gasteiger partial charge on any atom is -0.489 e. The van der Waals surface area contributed by atoms with Gasteiger partial charge in [0.1, 0.15) is 17.7 Å². The maximum atomic E-state index is 13.3. The second-order valence-corrected chi connectivity index (χ2v) is 7.02. The van der Waals surface area contributed by atoms with Crippen molar-refractivity contribution in [1.29, 1.82) is 0 Å². The van der Waals surface area contributed by atoms with Gasteiger partial charge in [-0.1, -0.05) is 18.2 Å². The molecule has 0 saturated heterocycles. The molecule has 6 heteroatoms. The van der Waals surface area contributed by atoms with Gasteiger partial charge < -0.3 is 10.5 Å². The van der Waals surface area contributed by atoms with E-state index in [9.17, 15) is 12.8 Å². The molecule has 0 radical (unpaired) electrons. The number of hydrogen-bond acceptors (Lipinski definition) is 4. The summed E-state index contributed by atoms with van der Waals surface area (Å²) in [5, 5.41) is 0. The van der Waals surface area contributed by atoms with Crippen LogP contribution in [-0.2, 0) is 16.3 Å². The Kier molecular flexibility index (Phi) is 3.33. The lowest BCUT2D eigenvalue weighted by atomic mass is 10.1. The van der Waals surface area contributed by atoms with Crippen molar-refractivity contribution in [3.63, 3.8) is 0 Å². The minimum atomic E-state index is -3.70. The van der Waals surface area contributed by atoms with Gasteiger partial charge in [0.25, 0.3) is 0 Å². The first-order valence-corrected chi connectivity index (χ1v) is 8.13. The van der Waals surface area contributed by atoms with Crippen molar-refractivity contribution in [2.75, 3.05) is 11.5 Å². The molecule has 0 bridgehead atoms. The van der Waals surface area contributed by atoms with Gasteiger partial charge in [0.05, 0.1) is 16.3 Å². The summed E-state index contributed by atoms with van der Waals surface area (Å²) in [7, 11) is -3.70. The molecule has 0 aromatic heterocycles. The number of benzene rings is 2. The predicted octanol–water partition coefficient (Wildman–Crippen LogP) is 2.19. The Balaban J connectivity index is 1.84. The van der Waals surface area contributed by atoms with Gasteiger partial charge in [-0.25, -0.2) is 12.8 Å². The van der Waals surface area contributed by atoms with Crippen molar-refractivity contribution < 1.29 is 17.5 Å². The highest BCUT2D eigenvalue weighted by Crippen LogP contribution is 2.30. The summed E-state index contributed by atoms with van der Waals surface area (Å²) in [6, 6.07) is 10.8. The number of nitrogen functional groups attached to an aromatic ring is 1. The molecule has 1 atom stereocenters. The van der Waals surface area contributed by atoms with Gasteiger partial charge in [0, 0.05) is 6.42 Å². The number of ether oxygens (including phenoxy) is 1. The highest BCUT2D eigenvalue weighted by atomic mass is 32.2. The number of fused-ring (bicyclic) bond motifs is 1. The Morgan fingerprint density at radius 1 is 1.24 bits per heavy atom. The Morgan fingerprint density at radius 3 is 2.76 bits per heavy atom. The van der Waals surface area contributed by atoms with Crippen LogP contribution in [0, 0.1) is 5.82 Å². The van der Waals surface area contributed by atoms with E-state index in [-0.39, 0.29) is 16.3 Å². The fraction of sp³-hybridized carbons (Fsp3) is 0.200. The highest BCUT2D eigenvalue weighted by Gasteiger charge is 2.29. The maximum absolute atomic E-state index is 13.3. The van der Waals surface area contributed by atoms with Crippen LogP contribution in [0.3, 0.4) is 0 Å². The van der Waals surface area contributed by atoms with Crippen molar-refractivity contribution in [1.82, 2.24) is 0 Å². The SMILES string of the molecule is Nc1ccc(F)cc1S(=O)(=O)CC1Cc2ccccc2O1. The van der Waals surface area contributed by atoms with E-state index in [1.54, 1.807) is 6.07 Å². The van der Waals surface area contributed by atoms with Crippen LogP contribution in [0.25, 0.3) is 0 Å². The maximum Gasteiger partial charge on any atom is 0.184 e. The molecule has 4 nitrogen and oxygen atoms in total. The zero-order chi connectivity index (χ0) is 15.0. The van der Waals surface area contributed by atoms with Crippen molar-refractivity contribution in [3.8, 4) is 5.75 Å². The lowest BCUT2D eigenvalue weighted by molar-refractivity contribution is 0.256. The fourth-order valence-corrected chi connectivity index (χ4v) is 4.03. The first-order chi connectivity index (χ1) is 9.95. The highest BCUT2D eigenvalue weighted by molar-refractivity contribution is 7.91. The largest absolute Gasteiger partial charge is 0.489 e. The van der Waals surface area contributed by atoms with Crippen LogP contribution in [0.15, 0.2) is 47.4 Å². The van der Waals surface area contributed by atoms with Crippen LogP contribution in [-0.4, -0.2) is 20.3 Å². The molecule has 1 aliphatic rings. The second-order valence-electron chi connectivity index (χ2n) is 5.02. The molecule has 0 amide bonds. The molecule has 2 aromatic carbocycles. The molecule has 0 fully saturated rings. The van der Waals surface area contributed by atoms with E-state index >= 15 is 0 Å². The summed E-state index contributed by atoms with van der Waals surface area (Å²) in [4.78, 5) is -0.179. The number of hydrogen-bond donors (Lipinski definition) is 1. The lowest BCUT2D eigenvalue weighted by Gasteiger charge is -2.12. The van der Waals surface area contributed by atoms with Gasteiger partial charge in [-0.15, -0.1) is 0 Å². The smallest absolute Gasteiger partial charge is 0.184 e. The van der Waals surface area contributed by atoms with Crippen LogP contribution in [0.1, 0.15) is 5.56 Å². The van der Waals surface area contributed by atoms with E-state index in [4.69, 9.17) is 10.5 Å². The number of para-hydroxylation sites is 1. The molecule has 0 aliphatic carbocycles. The zero-order valence-electron chi connectivity index (χ0n) is 11.1. The van der Waals surface area contributed by atoms with E-state index in [2.05, 4.69) is 0 Å². The molecule has 1 aliphatic heterocycles. The molecule has 0 spiro atoms. The van der Waals surface area contributed by atoms with E-state index in [1.807, 2.05) is 18.2 Å². The number of sulfone groups is 1. The molecular formula is C15H14FNO3S. The molecule has 3 rings (SSSR count). The van der Waals surface area contributed by atoms with Gasteiger partial charge in [-0.2, -0.15) is 0 Å². The van der Waals surface area contributed by atoms with Crippen molar-refractivity contribution in [2.45, 2.75) is 17.4 Å². The Hall–Kier alpha value is -2.08. The molecule has 1 unspecified atom stereocenters. The molecule has 1 heterocycles. The van der Waals surface area contributed by atoms with E-state index in [1.165, 1.54) is 6.07 Å². The predicted molar refractivity (Wildman–Crippen MR) is 77.4 cm³/mol. The topological polar surface area (TPSA) is 69.4 Å². The third-order valence-electron chi connectivity index (χ3n) is 3.43. The summed E-state index contributed by atoms with van der Waals surface area (Å²) in [6.45, 7) is 0. The van der Waals surface area contributed by atoms with Crippen LogP contribution < -0.4 is 10.5 Å². The first kappa shape index (κ1) is 13.9. The number of anilines is 1.